The van der Waals surface area contributed by atoms with Crippen molar-refractivity contribution in [1.82, 2.24) is 9.47 Å². The zero-order valence-electron chi connectivity index (χ0n) is 16.0. The Morgan fingerprint density at radius 2 is 1.96 bits per heavy atom. The normalized spacial score (nSPS) is 12.2. The molecule has 0 radical (unpaired) electrons. The molecule has 0 fully saturated rings. The molecule has 0 aliphatic carbocycles. The Morgan fingerprint density at radius 3 is 2.68 bits per heavy atom. The van der Waals surface area contributed by atoms with Gasteiger partial charge in [-0.15, -0.1) is 0 Å². The summed E-state index contributed by atoms with van der Waals surface area (Å²) in [4.78, 5) is 14.3. The molecule has 0 aliphatic rings. The van der Waals surface area contributed by atoms with E-state index < -0.39 is 0 Å². The number of aryl methyl sites for hydroxylation is 1. The number of benzene rings is 2. The Kier molecular flexibility index (Phi) is 5.90. The van der Waals surface area contributed by atoms with E-state index >= 15 is 0 Å². The number of likely N-dealkylation sites (N-methyl/N-ethyl adjacent to an activating group) is 1. The van der Waals surface area contributed by atoms with Crippen LogP contribution in [0.15, 0.2) is 60.8 Å². The summed E-state index contributed by atoms with van der Waals surface area (Å²) in [5.74, 6) is -0.428. The van der Waals surface area contributed by atoms with Gasteiger partial charge < -0.3 is 9.47 Å². The first-order valence-corrected chi connectivity index (χ1v) is 9.16. The third kappa shape index (κ3) is 4.12. The smallest absolute Gasteiger partial charge is 0.246 e. The first-order chi connectivity index (χ1) is 13.5. The number of aromatic nitrogens is 1. The summed E-state index contributed by atoms with van der Waals surface area (Å²) < 4.78 is 15.1. The molecule has 142 valence electrons. The average Bonchev–Trinajstić information content (AvgIpc) is 3.07. The quantitative estimate of drug-likeness (QED) is 0.574. The molecule has 1 aromatic heterocycles. The molecular weight excluding hydrogens is 353 g/mol. The molecular formula is C23H22FN3O. The van der Waals surface area contributed by atoms with E-state index in [1.165, 1.54) is 12.1 Å². The van der Waals surface area contributed by atoms with Crippen LogP contribution >= 0.6 is 0 Å². The summed E-state index contributed by atoms with van der Waals surface area (Å²) in [6.07, 6.45) is 5.76. The fraction of sp³-hybridized carbons (Fsp3) is 0.217. The summed E-state index contributed by atoms with van der Waals surface area (Å²) in [5.41, 5.74) is 2.85. The minimum absolute atomic E-state index is 0.134. The molecule has 0 saturated heterocycles. The average molecular weight is 375 g/mol. The van der Waals surface area contributed by atoms with Crippen LogP contribution in [0.2, 0.25) is 0 Å². The largest absolute Gasteiger partial charge is 0.346 e. The topological polar surface area (TPSA) is 49.0 Å². The van der Waals surface area contributed by atoms with Crippen molar-refractivity contribution in [1.29, 1.82) is 5.26 Å². The lowest BCUT2D eigenvalue weighted by molar-refractivity contribution is -0.126. The molecule has 3 aromatic rings. The predicted octanol–water partition coefficient (Wildman–Crippen LogP) is 4.93. The van der Waals surface area contributed by atoms with E-state index in [1.54, 1.807) is 36.2 Å². The van der Waals surface area contributed by atoms with Crippen LogP contribution in [0.3, 0.4) is 0 Å². The Labute approximate surface area is 164 Å². The first kappa shape index (κ1) is 19.4. The van der Waals surface area contributed by atoms with Gasteiger partial charge >= 0.3 is 0 Å². The molecule has 4 nitrogen and oxygen atoms in total. The van der Waals surface area contributed by atoms with Gasteiger partial charge in [0.1, 0.15) is 5.82 Å². The number of amides is 1. The molecule has 3 rings (SSSR count). The van der Waals surface area contributed by atoms with Crippen LogP contribution in [0.1, 0.15) is 30.5 Å². The van der Waals surface area contributed by atoms with E-state index in [1.807, 2.05) is 42.0 Å². The number of rotatable bonds is 6. The van der Waals surface area contributed by atoms with Gasteiger partial charge in [-0.05, 0) is 36.8 Å². The maximum atomic E-state index is 13.1. The fourth-order valence-corrected chi connectivity index (χ4v) is 3.20. The molecule has 1 heterocycles. The van der Waals surface area contributed by atoms with E-state index in [4.69, 9.17) is 5.26 Å². The molecule has 28 heavy (non-hydrogen) atoms. The van der Waals surface area contributed by atoms with Crippen molar-refractivity contribution in [3.05, 3.63) is 77.7 Å². The molecule has 1 atom stereocenters. The molecule has 0 aliphatic heterocycles. The second-order valence-electron chi connectivity index (χ2n) is 6.71. The van der Waals surface area contributed by atoms with Gasteiger partial charge in [-0.3, -0.25) is 4.79 Å². The summed E-state index contributed by atoms with van der Waals surface area (Å²) in [7, 11) is 1.73. The van der Waals surface area contributed by atoms with Gasteiger partial charge in [0, 0.05) is 42.3 Å². The third-order valence-corrected chi connectivity index (χ3v) is 4.97. The summed E-state index contributed by atoms with van der Waals surface area (Å²) in [5, 5.41) is 9.90. The third-order valence-electron chi connectivity index (χ3n) is 4.97. The van der Waals surface area contributed by atoms with Crippen molar-refractivity contribution < 1.29 is 9.18 Å². The number of nitrogens with zero attached hydrogens (tertiary/aromatic N) is 3. The van der Waals surface area contributed by atoms with E-state index in [0.717, 1.165) is 22.0 Å². The van der Waals surface area contributed by atoms with Crippen LogP contribution < -0.4 is 0 Å². The SMILES string of the molecule is CC(c1ccc(F)cc1)N(C)C(=O)/C=C/c1cn(CCC#N)c2ccccc12. The zero-order chi connectivity index (χ0) is 20.1. The van der Waals surface area contributed by atoms with Crippen LogP contribution in [-0.2, 0) is 11.3 Å². The second-order valence-corrected chi connectivity index (χ2v) is 6.71. The molecule has 0 spiro atoms. The van der Waals surface area contributed by atoms with Crippen LogP contribution in [0.4, 0.5) is 4.39 Å². The highest BCUT2D eigenvalue weighted by Crippen LogP contribution is 2.24. The molecule has 0 bridgehead atoms. The molecule has 5 heteroatoms. The fourth-order valence-electron chi connectivity index (χ4n) is 3.20. The second kappa shape index (κ2) is 8.53. The number of carbonyl (C=O) groups excluding carboxylic acids is 1. The van der Waals surface area contributed by atoms with E-state index in [0.29, 0.717) is 13.0 Å². The molecule has 2 aromatic carbocycles. The number of para-hydroxylation sites is 1. The Morgan fingerprint density at radius 1 is 1.25 bits per heavy atom. The highest BCUT2D eigenvalue weighted by molar-refractivity contribution is 5.96. The zero-order valence-corrected chi connectivity index (χ0v) is 16.0. The maximum absolute atomic E-state index is 13.1. The Bertz CT molecular complexity index is 1040. The molecule has 0 saturated carbocycles. The monoisotopic (exact) mass is 375 g/mol. The van der Waals surface area contributed by atoms with Gasteiger partial charge in [-0.2, -0.15) is 5.26 Å². The number of hydrogen-bond acceptors (Lipinski definition) is 2. The summed E-state index contributed by atoms with van der Waals surface area (Å²) >= 11 is 0. The van der Waals surface area contributed by atoms with Crippen LogP contribution in [0.5, 0.6) is 0 Å². The minimum Gasteiger partial charge on any atom is -0.346 e. The van der Waals surface area contributed by atoms with Crippen molar-refractivity contribution in [2.24, 2.45) is 0 Å². The number of halogens is 1. The lowest BCUT2D eigenvalue weighted by atomic mass is 10.1. The van der Waals surface area contributed by atoms with Gasteiger partial charge in [0.15, 0.2) is 0 Å². The highest BCUT2D eigenvalue weighted by atomic mass is 19.1. The van der Waals surface area contributed by atoms with Crippen molar-refractivity contribution in [3.63, 3.8) is 0 Å². The molecule has 0 N–H and O–H groups in total. The lowest BCUT2D eigenvalue weighted by Gasteiger charge is -2.24. The van der Waals surface area contributed by atoms with Gasteiger partial charge in [-0.1, -0.05) is 30.3 Å². The van der Waals surface area contributed by atoms with Crippen molar-refractivity contribution in [2.45, 2.75) is 25.9 Å². The van der Waals surface area contributed by atoms with Crippen LogP contribution in [0.25, 0.3) is 17.0 Å². The van der Waals surface area contributed by atoms with Crippen LogP contribution in [0, 0.1) is 17.1 Å². The standard InChI is InChI=1S/C23H22FN3O/c1-17(18-8-11-20(24)12-9-18)26(2)23(28)13-10-19-16-27(15-5-14-25)22-7-4-3-6-21(19)22/h3-4,6-13,16-17H,5,15H2,1-2H3/b13-10+. The Hall–Kier alpha value is -3.39. The van der Waals surface area contributed by atoms with Gasteiger partial charge in [0.05, 0.1) is 18.5 Å². The maximum Gasteiger partial charge on any atom is 0.246 e. The van der Waals surface area contributed by atoms with Crippen LogP contribution in [-0.4, -0.2) is 22.4 Å². The van der Waals surface area contributed by atoms with E-state index in [9.17, 15) is 9.18 Å². The first-order valence-electron chi connectivity index (χ1n) is 9.16. The van der Waals surface area contributed by atoms with Crippen molar-refractivity contribution in [3.8, 4) is 6.07 Å². The number of hydrogen-bond donors (Lipinski definition) is 0. The predicted molar refractivity (Wildman–Crippen MR) is 109 cm³/mol. The van der Waals surface area contributed by atoms with Crippen molar-refractivity contribution >= 4 is 22.9 Å². The van der Waals surface area contributed by atoms with Gasteiger partial charge in [0.25, 0.3) is 0 Å². The molecule has 1 amide bonds. The number of carbonyl (C=O) groups is 1. The van der Waals surface area contributed by atoms with Gasteiger partial charge in [0.2, 0.25) is 5.91 Å². The number of fused-ring (bicyclic) bond motifs is 1. The molecule has 1 unspecified atom stereocenters. The highest BCUT2D eigenvalue weighted by Gasteiger charge is 2.15. The Balaban J connectivity index is 1.80. The summed E-state index contributed by atoms with van der Waals surface area (Å²) in [6, 6.07) is 16.1. The van der Waals surface area contributed by atoms with E-state index in [-0.39, 0.29) is 17.8 Å². The van der Waals surface area contributed by atoms with Gasteiger partial charge in [-0.25, -0.2) is 4.39 Å². The summed E-state index contributed by atoms with van der Waals surface area (Å²) in [6.45, 7) is 2.52. The minimum atomic E-state index is -0.294. The lowest BCUT2D eigenvalue weighted by Crippen LogP contribution is -2.27. The van der Waals surface area contributed by atoms with Crippen molar-refractivity contribution in [2.75, 3.05) is 7.05 Å². The number of nitriles is 1. The van der Waals surface area contributed by atoms with E-state index in [2.05, 4.69) is 6.07 Å².